The van der Waals surface area contributed by atoms with Gasteiger partial charge >= 0.3 is 0 Å². The van der Waals surface area contributed by atoms with Gasteiger partial charge in [-0.2, -0.15) is 0 Å². The van der Waals surface area contributed by atoms with E-state index in [1.807, 2.05) is 37.3 Å². The molecule has 1 aromatic carbocycles. The van der Waals surface area contributed by atoms with Crippen LogP contribution in [-0.4, -0.2) is 43.4 Å². The van der Waals surface area contributed by atoms with Gasteiger partial charge in [0.2, 0.25) is 11.8 Å². The summed E-state index contributed by atoms with van der Waals surface area (Å²) >= 11 is 0. The number of nitrogens with one attached hydrogen (secondary N) is 2. The zero-order valence-corrected chi connectivity index (χ0v) is 13.4. The molecule has 0 heterocycles. The molecule has 0 aromatic heterocycles. The van der Waals surface area contributed by atoms with Crippen LogP contribution in [0.1, 0.15) is 18.9 Å². The van der Waals surface area contributed by atoms with Crippen molar-refractivity contribution in [3.63, 3.8) is 0 Å². The maximum absolute atomic E-state index is 12.1. The van der Waals surface area contributed by atoms with Crippen molar-refractivity contribution in [1.29, 1.82) is 0 Å². The molecular weight excluding hydrogens is 290 g/mol. The van der Waals surface area contributed by atoms with Gasteiger partial charge in [-0.05, 0) is 19.5 Å². The molecule has 0 saturated carbocycles. The fourth-order valence-electron chi connectivity index (χ4n) is 1.79. The molecule has 6 heteroatoms. The third kappa shape index (κ3) is 7.68. The summed E-state index contributed by atoms with van der Waals surface area (Å²) in [6, 6.07) is 9.83. The first-order chi connectivity index (χ1) is 9.67. The Bertz CT molecular complexity index is 426. The average Bonchev–Trinajstić information content (AvgIpc) is 2.49. The van der Waals surface area contributed by atoms with Crippen LogP contribution in [0.3, 0.4) is 0 Å². The first kappa shape index (κ1) is 19.4. The number of benzene rings is 1. The number of halogens is 1. The van der Waals surface area contributed by atoms with E-state index in [0.29, 0.717) is 26.1 Å². The van der Waals surface area contributed by atoms with Gasteiger partial charge in [-0.15, -0.1) is 12.4 Å². The zero-order chi connectivity index (χ0) is 14.8. The molecule has 0 aliphatic carbocycles. The topological polar surface area (TPSA) is 61.4 Å². The molecule has 2 N–H and O–H groups in total. The first-order valence-corrected chi connectivity index (χ1v) is 6.90. The molecule has 0 bridgehead atoms. The number of nitrogens with zero attached hydrogens (tertiary/aromatic N) is 1. The average molecular weight is 314 g/mol. The second-order valence-electron chi connectivity index (χ2n) is 4.52. The van der Waals surface area contributed by atoms with Crippen molar-refractivity contribution in [2.24, 2.45) is 0 Å². The standard InChI is InChI=1S/C15H23N3O2.ClH/c1-3-18(12-13-7-5-4-6-8-13)15(20)11-17-14(19)9-10-16-2;/h4-8,16H,3,9-12H2,1-2H3,(H,17,19);1H. The molecule has 1 aromatic rings. The molecule has 0 fully saturated rings. The summed E-state index contributed by atoms with van der Waals surface area (Å²) in [5.74, 6) is -0.169. The van der Waals surface area contributed by atoms with Crippen molar-refractivity contribution in [3.8, 4) is 0 Å². The van der Waals surface area contributed by atoms with Gasteiger partial charge in [-0.3, -0.25) is 9.59 Å². The fourth-order valence-corrected chi connectivity index (χ4v) is 1.79. The van der Waals surface area contributed by atoms with Gasteiger partial charge in [0.1, 0.15) is 0 Å². The van der Waals surface area contributed by atoms with Crippen molar-refractivity contribution < 1.29 is 9.59 Å². The smallest absolute Gasteiger partial charge is 0.242 e. The highest BCUT2D eigenvalue weighted by molar-refractivity contribution is 5.85. The molecule has 5 nitrogen and oxygen atoms in total. The van der Waals surface area contributed by atoms with E-state index in [-0.39, 0.29) is 30.8 Å². The van der Waals surface area contributed by atoms with Crippen LogP contribution in [0.5, 0.6) is 0 Å². The van der Waals surface area contributed by atoms with Crippen LogP contribution < -0.4 is 10.6 Å². The maximum atomic E-state index is 12.1. The fraction of sp³-hybridized carbons (Fsp3) is 0.467. The highest BCUT2D eigenvalue weighted by Gasteiger charge is 2.12. The Kier molecular flexibility index (Phi) is 10.3. The highest BCUT2D eigenvalue weighted by Crippen LogP contribution is 2.04. The Morgan fingerprint density at radius 1 is 1.19 bits per heavy atom. The number of likely N-dealkylation sites (N-methyl/N-ethyl adjacent to an activating group) is 1. The van der Waals surface area contributed by atoms with Crippen molar-refractivity contribution in [1.82, 2.24) is 15.5 Å². The van der Waals surface area contributed by atoms with Gasteiger partial charge in [0.25, 0.3) is 0 Å². The number of carbonyl (C=O) groups excluding carboxylic acids is 2. The second kappa shape index (κ2) is 11.1. The maximum Gasteiger partial charge on any atom is 0.242 e. The molecule has 0 aliphatic heterocycles. The third-order valence-corrected chi connectivity index (χ3v) is 2.99. The summed E-state index contributed by atoms with van der Waals surface area (Å²) in [4.78, 5) is 25.2. The number of carbonyl (C=O) groups is 2. The van der Waals surface area contributed by atoms with Gasteiger partial charge in [-0.1, -0.05) is 30.3 Å². The predicted octanol–water partition coefficient (Wildman–Crippen LogP) is 1.18. The lowest BCUT2D eigenvalue weighted by Crippen LogP contribution is -2.40. The van der Waals surface area contributed by atoms with Crippen molar-refractivity contribution in [2.75, 3.05) is 26.7 Å². The van der Waals surface area contributed by atoms with E-state index in [1.54, 1.807) is 11.9 Å². The normalized spacial score (nSPS) is 9.62. The number of hydrogen-bond acceptors (Lipinski definition) is 3. The first-order valence-electron chi connectivity index (χ1n) is 6.90. The second-order valence-corrected chi connectivity index (χ2v) is 4.52. The van der Waals surface area contributed by atoms with Crippen LogP contribution in [0.25, 0.3) is 0 Å². The van der Waals surface area contributed by atoms with Crippen molar-refractivity contribution in [2.45, 2.75) is 19.9 Å². The lowest BCUT2D eigenvalue weighted by Gasteiger charge is -2.21. The minimum Gasteiger partial charge on any atom is -0.347 e. The molecule has 118 valence electrons. The van der Waals surface area contributed by atoms with Gasteiger partial charge < -0.3 is 15.5 Å². The van der Waals surface area contributed by atoms with Crippen LogP contribution in [0.4, 0.5) is 0 Å². The van der Waals surface area contributed by atoms with Gasteiger partial charge in [0, 0.05) is 26.1 Å². The third-order valence-electron chi connectivity index (χ3n) is 2.99. The lowest BCUT2D eigenvalue weighted by molar-refractivity contribution is -0.133. The summed E-state index contributed by atoms with van der Waals surface area (Å²) in [6.07, 6.45) is 0.384. The summed E-state index contributed by atoms with van der Waals surface area (Å²) in [7, 11) is 1.79. The largest absolute Gasteiger partial charge is 0.347 e. The highest BCUT2D eigenvalue weighted by atomic mass is 35.5. The van der Waals surface area contributed by atoms with E-state index in [9.17, 15) is 9.59 Å². The molecule has 0 unspecified atom stereocenters. The molecule has 2 amide bonds. The van der Waals surface area contributed by atoms with Crippen LogP contribution in [0.2, 0.25) is 0 Å². The van der Waals surface area contributed by atoms with Crippen LogP contribution in [0, 0.1) is 0 Å². The Labute approximate surface area is 132 Å². The Morgan fingerprint density at radius 2 is 1.86 bits per heavy atom. The van der Waals surface area contributed by atoms with E-state index in [0.717, 1.165) is 5.56 Å². The van der Waals surface area contributed by atoms with Crippen LogP contribution in [-0.2, 0) is 16.1 Å². The minimum absolute atomic E-state index is 0. The Morgan fingerprint density at radius 3 is 2.43 bits per heavy atom. The van der Waals surface area contributed by atoms with Crippen molar-refractivity contribution in [3.05, 3.63) is 35.9 Å². The summed E-state index contributed by atoms with van der Waals surface area (Å²) < 4.78 is 0. The van der Waals surface area contributed by atoms with E-state index in [1.165, 1.54) is 0 Å². The number of rotatable bonds is 8. The SMILES string of the molecule is CCN(Cc1ccccc1)C(=O)CNC(=O)CCNC.Cl. The molecule has 0 spiro atoms. The monoisotopic (exact) mass is 313 g/mol. The van der Waals surface area contributed by atoms with Crippen LogP contribution >= 0.6 is 12.4 Å². The summed E-state index contributed by atoms with van der Waals surface area (Å²) in [6.45, 7) is 3.80. The van der Waals surface area contributed by atoms with Crippen molar-refractivity contribution >= 4 is 24.2 Å². The lowest BCUT2D eigenvalue weighted by atomic mass is 10.2. The molecule has 0 aliphatic rings. The van der Waals surface area contributed by atoms with Gasteiger partial charge in [0.05, 0.1) is 6.54 Å². The van der Waals surface area contributed by atoms with E-state index in [2.05, 4.69) is 10.6 Å². The number of hydrogen-bond donors (Lipinski definition) is 2. The Hall–Kier alpha value is -1.59. The number of amides is 2. The molecule has 0 radical (unpaired) electrons. The minimum atomic E-state index is -0.108. The Balaban J connectivity index is 0.00000400. The molecule has 0 atom stereocenters. The molecule has 21 heavy (non-hydrogen) atoms. The summed E-state index contributed by atoms with van der Waals surface area (Å²) in [5.41, 5.74) is 1.09. The predicted molar refractivity (Wildman–Crippen MR) is 86.3 cm³/mol. The van der Waals surface area contributed by atoms with E-state index >= 15 is 0 Å². The molecule has 1 rings (SSSR count). The van der Waals surface area contributed by atoms with Gasteiger partial charge in [0.15, 0.2) is 0 Å². The molecular formula is C15H24ClN3O2. The van der Waals surface area contributed by atoms with E-state index < -0.39 is 0 Å². The molecule has 0 saturated heterocycles. The van der Waals surface area contributed by atoms with Gasteiger partial charge in [-0.25, -0.2) is 0 Å². The van der Waals surface area contributed by atoms with Crippen LogP contribution in [0.15, 0.2) is 30.3 Å². The van der Waals surface area contributed by atoms with E-state index in [4.69, 9.17) is 0 Å². The summed E-state index contributed by atoms with van der Waals surface area (Å²) in [5, 5.41) is 5.54. The quantitative estimate of drug-likeness (QED) is 0.757. The zero-order valence-electron chi connectivity index (χ0n) is 12.6.